The molecule has 0 spiro atoms. The number of ether oxygens (including phenoxy) is 4. The molecule has 1 aromatic rings. The second-order valence-electron chi connectivity index (χ2n) is 5.08. The fourth-order valence-corrected chi connectivity index (χ4v) is 2.54. The summed E-state index contributed by atoms with van der Waals surface area (Å²) in [6.07, 6.45) is -1.53. The highest BCUT2D eigenvalue weighted by molar-refractivity contribution is 5.17. The normalized spacial score (nSPS) is 36.8. The lowest BCUT2D eigenvalue weighted by atomic mass is 10.1. The fourth-order valence-electron chi connectivity index (χ4n) is 2.54. The Morgan fingerprint density at radius 1 is 1.25 bits per heavy atom. The first-order chi connectivity index (χ1) is 9.79. The molecular weight excluding hydrogens is 260 g/mol. The molecule has 0 amide bonds. The van der Waals surface area contributed by atoms with Crippen LogP contribution < -0.4 is 0 Å². The van der Waals surface area contributed by atoms with Crippen LogP contribution >= 0.6 is 0 Å². The van der Waals surface area contributed by atoms with E-state index < -0.39 is 30.9 Å². The Morgan fingerprint density at radius 3 is 2.80 bits per heavy atom. The van der Waals surface area contributed by atoms with Crippen LogP contribution in [0.3, 0.4) is 0 Å². The molecule has 1 N–H and O–H groups in total. The van der Waals surface area contributed by atoms with E-state index in [1.807, 2.05) is 37.3 Å². The Kier molecular flexibility index (Phi) is 4.33. The van der Waals surface area contributed by atoms with Crippen molar-refractivity contribution in [1.82, 2.24) is 0 Å². The van der Waals surface area contributed by atoms with Crippen molar-refractivity contribution in [2.24, 2.45) is 0 Å². The molecule has 2 saturated heterocycles. The van der Waals surface area contributed by atoms with E-state index in [9.17, 15) is 5.11 Å². The maximum absolute atomic E-state index is 10.0. The summed E-state index contributed by atoms with van der Waals surface area (Å²) in [5, 5.41) is 10.0. The lowest BCUT2D eigenvalue weighted by Crippen LogP contribution is -2.52. The summed E-state index contributed by atoms with van der Waals surface area (Å²) < 4.78 is 22.9. The van der Waals surface area contributed by atoms with Gasteiger partial charge in [-0.15, -0.1) is 0 Å². The predicted molar refractivity (Wildman–Crippen MR) is 70.9 cm³/mol. The van der Waals surface area contributed by atoms with Crippen molar-refractivity contribution in [3.05, 3.63) is 35.9 Å². The van der Waals surface area contributed by atoms with E-state index in [1.165, 1.54) is 0 Å². The predicted octanol–water partition coefficient (Wildman–Crippen LogP) is 1.61. The smallest absolute Gasteiger partial charge is 0.190 e. The molecule has 3 rings (SSSR count). The quantitative estimate of drug-likeness (QED) is 0.908. The van der Waals surface area contributed by atoms with Gasteiger partial charge in [0.2, 0.25) is 0 Å². The average Bonchev–Trinajstić information content (AvgIpc) is 2.91. The summed E-state index contributed by atoms with van der Waals surface area (Å²) in [4.78, 5) is 0. The lowest BCUT2D eigenvalue weighted by molar-refractivity contribution is -0.222. The largest absolute Gasteiger partial charge is 0.388 e. The van der Waals surface area contributed by atoms with Crippen molar-refractivity contribution in [1.29, 1.82) is 0 Å². The Labute approximate surface area is 118 Å². The Morgan fingerprint density at radius 2 is 2.05 bits per heavy atom. The molecule has 0 aliphatic carbocycles. The SMILES string of the molecule is CCCOC1C(O)COC2OC(c3ccccc3)OC21. The van der Waals surface area contributed by atoms with Crippen LogP contribution in [-0.2, 0) is 18.9 Å². The first-order valence-corrected chi connectivity index (χ1v) is 7.06. The molecule has 20 heavy (non-hydrogen) atoms. The highest BCUT2D eigenvalue weighted by Crippen LogP contribution is 2.37. The monoisotopic (exact) mass is 280 g/mol. The van der Waals surface area contributed by atoms with Gasteiger partial charge in [0.1, 0.15) is 18.3 Å². The molecule has 5 nitrogen and oxygen atoms in total. The minimum absolute atomic E-state index is 0.209. The van der Waals surface area contributed by atoms with Gasteiger partial charge in [-0.25, -0.2) is 0 Å². The van der Waals surface area contributed by atoms with Crippen LogP contribution in [0.1, 0.15) is 25.2 Å². The Bertz CT molecular complexity index is 424. The van der Waals surface area contributed by atoms with Gasteiger partial charge in [0.15, 0.2) is 12.6 Å². The van der Waals surface area contributed by atoms with Gasteiger partial charge in [0, 0.05) is 12.2 Å². The fraction of sp³-hybridized carbons (Fsp3) is 0.600. The minimum Gasteiger partial charge on any atom is -0.388 e. The summed E-state index contributed by atoms with van der Waals surface area (Å²) in [5.41, 5.74) is 0.939. The van der Waals surface area contributed by atoms with E-state index in [0.717, 1.165) is 12.0 Å². The van der Waals surface area contributed by atoms with E-state index >= 15 is 0 Å². The molecule has 1 aromatic carbocycles. The first-order valence-electron chi connectivity index (χ1n) is 7.06. The number of hydrogen-bond donors (Lipinski definition) is 1. The van der Waals surface area contributed by atoms with E-state index in [0.29, 0.717) is 6.61 Å². The van der Waals surface area contributed by atoms with Gasteiger partial charge in [0.25, 0.3) is 0 Å². The maximum atomic E-state index is 10.0. The first kappa shape index (κ1) is 14.0. The van der Waals surface area contributed by atoms with Gasteiger partial charge in [-0.3, -0.25) is 0 Å². The van der Waals surface area contributed by atoms with Crippen LogP contribution in [0, 0.1) is 0 Å². The molecule has 110 valence electrons. The topological polar surface area (TPSA) is 57.2 Å². The third-order valence-electron chi connectivity index (χ3n) is 3.53. The van der Waals surface area contributed by atoms with Crippen LogP contribution in [0.2, 0.25) is 0 Å². The van der Waals surface area contributed by atoms with E-state index in [-0.39, 0.29) is 6.61 Å². The van der Waals surface area contributed by atoms with Gasteiger partial charge in [-0.2, -0.15) is 0 Å². The molecule has 5 heteroatoms. The molecule has 0 bridgehead atoms. The zero-order chi connectivity index (χ0) is 13.9. The minimum atomic E-state index is -0.680. The van der Waals surface area contributed by atoms with E-state index in [1.54, 1.807) is 0 Å². The summed E-state index contributed by atoms with van der Waals surface area (Å²) in [7, 11) is 0. The number of rotatable bonds is 4. The van der Waals surface area contributed by atoms with Crippen LogP contribution in [0.15, 0.2) is 30.3 Å². The molecule has 2 aliphatic heterocycles. The third-order valence-corrected chi connectivity index (χ3v) is 3.53. The molecular formula is C15H20O5. The van der Waals surface area contributed by atoms with Crippen LogP contribution in [0.5, 0.6) is 0 Å². The van der Waals surface area contributed by atoms with Crippen molar-refractivity contribution in [3.63, 3.8) is 0 Å². The Hall–Kier alpha value is -0.980. The summed E-state index contributed by atoms with van der Waals surface area (Å²) in [6.45, 7) is 2.83. The van der Waals surface area contributed by atoms with E-state index in [4.69, 9.17) is 18.9 Å². The molecule has 2 aliphatic rings. The average molecular weight is 280 g/mol. The summed E-state index contributed by atoms with van der Waals surface area (Å²) in [6, 6.07) is 9.70. The second-order valence-corrected chi connectivity index (χ2v) is 5.08. The number of aliphatic hydroxyl groups excluding tert-OH is 1. The highest BCUT2D eigenvalue weighted by Gasteiger charge is 2.49. The van der Waals surface area contributed by atoms with Gasteiger partial charge in [-0.1, -0.05) is 37.3 Å². The van der Waals surface area contributed by atoms with Gasteiger partial charge >= 0.3 is 0 Å². The van der Waals surface area contributed by atoms with Crippen LogP contribution in [0.4, 0.5) is 0 Å². The maximum Gasteiger partial charge on any atom is 0.190 e. The zero-order valence-corrected chi connectivity index (χ0v) is 11.5. The van der Waals surface area contributed by atoms with Crippen molar-refractivity contribution in [2.45, 2.75) is 44.2 Å². The number of benzene rings is 1. The van der Waals surface area contributed by atoms with Crippen molar-refractivity contribution < 1.29 is 24.1 Å². The third kappa shape index (κ3) is 2.73. The molecule has 0 aromatic heterocycles. The van der Waals surface area contributed by atoms with Crippen LogP contribution in [-0.4, -0.2) is 42.9 Å². The van der Waals surface area contributed by atoms with Gasteiger partial charge < -0.3 is 24.1 Å². The van der Waals surface area contributed by atoms with Gasteiger partial charge in [0.05, 0.1) is 6.61 Å². The summed E-state index contributed by atoms with van der Waals surface area (Å²) in [5.74, 6) is 0. The molecule has 0 saturated carbocycles. The van der Waals surface area contributed by atoms with Crippen LogP contribution in [0.25, 0.3) is 0 Å². The molecule has 2 heterocycles. The zero-order valence-electron chi connectivity index (χ0n) is 11.5. The van der Waals surface area contributed by atoms with Crippen molar-refractivity contribution in [3.8, 4) is 0 Å². The lowest BCUT2D eigenvalue weighted by Gasteiger charge is -2.34. The standard InChI is InChI=1S/C15H20O5/c1-2-8-17-12-11(16)9-18-15-13(12)19-14(20-15)10-6-4-3-5-7-10/h3-7,11-16H,2,8-9H2,1H3. The molecule has 5 unspecified atom stereocenters. The molecule has 5 atom stereocenters. The summed E-state index contributed by atoms with van der Waals surface area (Å²) >= 11 is 0. The molecule has 2 fully saturated rings. The highest BCUT2D eigenvalue weighted by atomic mass is 16.8. The van der Waals surface area contributed by atoms with Crippen molar-refractivity contribution >= 4 is 0 Å². The number of aliphatic hydroxyl groups is 1. The van der Waals surface area contributed by atoms with E-state index in [2.05, 4.69) is 0 Å². The van der Waals surface area contributed by atoms with Gasteiger partial charge in [-0.05, 0) is 6.42 Å². The Balaban J connectivity index is 1.71. The second kappa shape index (κ2) is 6.20. The number of hydrogen-bond acceptors (Lipinski definition) is 5. The van der Waals surface area contributed by atoms with Crippen molar-refractivity contribution in [2.75, 3.05) is 13.2 Å². The number of fused-ring (bicyclic) bond motifs is 1. The molecule has 0 radical (unpaired) electrons.